The lowest BCUT2D eigenvalue weighted by molar-refractivity contribution is 0.117. The summed E-state index contributed by atoms with van der Waals surface area (Å²) in [6, 6.07) is 9.60. The van der Waals surface area contributed by atoms with E-state index in [1.165, 1.54) is 17.8 Å². The van der Waals surface area contributed by atoms with Crippen molar-refractivity contribution in [2.75, 3.05) is 6.54 Å². The summed E-state index contributed by atoms with van der Waals surface area (Å²) in [6.45, 7) is 3.03. The summed E-state index contributed by atoms with van der Waals surface area (Å²) in [7, 11) is 0. The van der Waals surface area contributed by atoms with Crippen molar-refractivity contribution in [1.29, 1.82) is 0 Å². The van der Waals surface area contributed by atoms with Gasteiger partial charge in [-0.1, -0.05) is 19.1 Å². The van der Waals surface area contributed by atoms with Crippen LogP contribution in [0, 0.1) is 0 Å². The van der Waals surface area contributed by atoms with E-state index in [0.717, 1.165) is 31.6 Å². The molecule has 1 radical (unpaired) electrons. The van der Waals surface area contributed by atoms with Gasteiger partial charge in [-0.15, -0.1) is 0 Å². The number of pyridine rings is 1. The topological polar surface area (TPSA) is 54.0 Å². The standard InChI is InChI=1S/C18H21N2O2/c1-2-13-5-7-14(8-6-13)22-17-4-3-10-20-18(17)15-12-19-11-9-16(15)21/h5-9,11-12,17-18,20H,2-4,10H2,1H3. The van der Waals surface area contributed by atoms with E-state index in [1.54, 1.807) is 6.20 Å². The van der Waals surface area contributed by atoms with Gasteiger partial charge in [0.05, 0.1) is 6.04 Å². The first-order valence-corrected chi connectivity index (χ1v) is 7.88. The molecule has 2 unspecified atom stereocenters. The second-order valence-electron chi connectivity index (χ2n) is 5.64. The van der Waals surface area contributed by atoms with Crippen LogP contribution < -0.4 is 10.1 Å². The summed E-state index contributed by atoms with van der Waals surface area (Å²) in [5.74, 6) is 0.872. The van der Waals surface area contributed by atoms with Crippen LogP contribution in [0.2, 0.25) is 0 Å². The fourth-order valence-corrected chi connectivity index (χ4v) is 2.90. The van der Waals surface area contributed by atoms with E-state index in [9.17, 15) is 5.11 Å². The van der Waals surface area contributed by atoms with Crippen LogP contribution in [0.3, 0.4) is 0 Å². The number of hydrogen-bond acceptors (Lipinski definition) is 3. The van der Waals surface area contributed by atoms with Crippen LogP contribution in [0.15, 0.2) is 42.7 Å². The molecule has 1 aliphatic rings. The van der Waals surface area contributed by atoms with Crippen molar-refractivity contribution in [1.82, 2.24) is 10.3 Å². The Labute approximate surface area is 131 Å². The largest absolute Gasteiger partial charge is 0.488 e. The number of aryl methyl sites for hydroxylation is 1. The lowest BCUT2D eigenvalue weighted by Gasteiger charge is -2.33. The highest BCUT2D eigenvalue weighted by Gasteiger charge is 2.30. The molecule has 2 heterocycles. The van der Waals surface area contributed by atoms with Gasteiger partial charge in [0, 0.05) is 24.0 Å². The first kappa shape index (κ1) is 14.9. The molecule has 1 fully saturated rings. The van der Waals surface area contributed by atoms with E-state index in [2.05, 4.69) is 29.4 Å². The molecule has 0 spiro atoms. The number of nitrogens with one attached hydrogen (secondary N) is 1. The minimum absolute atomic E-state index is 0.0179. The summed E-state index contributed by atoms with van der Waals surface area (Å²) >= 11 is 0. The van der Waals surface area contributed by atoms with Crippen molar-refractivity contribution >= 4 is 0 Å². The molecule has 0 aliphatic carbocycles. The molecule has 0 amide bonds. The maximum atomic E-state index is 12.1. The van der Waals surface area contributed by atoms with Crippen LogP contribution >= 0.6 is 0 Å². The zero-order chi connectivity index (χ0) is 15.4. The van der Waals surface area contributed by atoms with Crippen LogP contribution in [-0.2, 0) is 11.5 Å². The van der Waals surface area contributed by atoms with Crippen LogP contribution in [0.25, 0.3) is 0 Å². The van der Waals surface area contributed by atoms with E-state index in [4.69, 9.17) is 4.74 Å². The van der Waals surface area contributed by atoms with E-state index < -0.39 is 0 Å². The van der Waals surface area contributed by atoms with Crippen molar-refractivity contribution in [3.63, 3.8) is 0 Å². The molecule has 0 saturated carbocycles. The third-order valence-corrected chi connectivity index (χ3v) is 4.17. The van der Waals surface area contributed by atoms with Crippen LogP contribution in [-0.4, -0.2) is 17.6 Å². The fourth-order valence-electron chi connectivity index (χ4n) is 2.90. The number of rotatable bonds is 4. The Balaban J connectivity index is 1.79. The predicted octanol–water partition coefficient (Wildman–Crippen LogP) is 3.66. The zero-order valence-electron chi connectivity index (χ0n) is 12.8. The molecule has 1 aromatic heterocycles. The Bertz CT molecular complexity index is 613. The molecule has 0 bridgehead atoms. The van der Waals surface area contributed by atoms with Crippen LogP contribution in [0.4, 0.5) is 0 Å². The van der Waals surface area contributed by atoms with Gasteiger partial charge in [0.2, 0.25) is 0 Å². The first-order chi connectivity index (χ1) is 10.8. The van der Waals surface area contributed by atoms with E-state index in [-0.39, 0.29) is 17.9 Å². The SMILES string of the molecule is CCc1ccc(OC2CCCNC2c2cnccc2[O])cc1. The van der Waals surface area contributed by atoms with Crippen molar-refractivity contribution in [3.05, 3.63) is 53.9 Å². The van der Waals surface area contributed by atoms with Gasteiger partial charge in [-0.25, -0.2) is 0 Å². The highest BCUT2D eigenvalue weighted by molar-refractivity contribution is 5.33. The molecule has 1 N–H and O–H groups in total. The average Bonchev–Trinajstić information content (AvgIpc) is 2.57. The second-order valence-corrected chi connectivity index (χ2v) is 5.64. The molecule has 1 saturated heterocycles. The van der Waals surface area contributed by atoms with Gasteiger partial charge >= 0.3 is 0 Å². The van der Waals surface area contributed by atoms with Crippen molar-refractivity contribution in [2.45, 2.75) is 38.3 Å². The van der Waals surface area contributed by atoms with Crippen molar-refractivity contribution in [2.24, 2.45) is 0 Å². The zero-order valence-corrected chi connectivity index (χ0v) is 12.8. The summed E-state index contributed by atoms with van der Waals surface area (Å²) in [4.78, 5) is 4.09. The number of piperidine rings is 1. The molecule has 1 aliphatic heterocycles. The van der Waals surface area contributed by atoms with Gasteiger partial charge < -0.3 is 10.1 Å². The van der Waals surface area contributed by atoms with E-state index in [0.29, 0.717) is 5.56 Å². The maximum absolute atomic E-state index is 12.1. The van der Waals surface area contributed by atoms with Crippen molar-refractivity contribution in [3.8, 4) is 11.5 Å². The minimum atomic E-state index is -0.0965. The quantitative estimate of drug-likeness (QED) is 0.937. The monoisotopic (exact) mass is 297 g/mol. The normalized spacial score (nSPS) is 21.5. The van der Waals surface area contributed by atoms with Gasteiger partial charge in [0.1, 0.15) is 11.9 Å². The molecule has 1 aromatic carbocycles. The number of benzene rings is 1. The Morgan fingerprint density at radius 3 is 2.82 bits per heavy atom. The molecule has 22 heavy (non-hydrogen) atoms. The molecule has 2 atom stereocenters. The number of nitrogens with zero attached hydrogens (tertiary/aromatic N) is 1. The predicted molar refractivity (Wildman–Crippen MR) is 84.6 cm³/mol. The maximum Gasteiger partial charge on any atom is 0.186 e. The van der Waals surface area contributed by atoms with Gasteiger partial charge in [0.15, 0.2) is 5.75 Å². The van der Waals surface area contributed by atoms with Crippen LogP contribution in [0.1, 0.15) is 36.9 Å². The molecule has 3 rings (SSSR count). The Morgan fingerprint density at radius 1 is 1.27 bits per heavy atom. The summed E-state index contributed by atoms with van der Waals surface area (Å²) in [6.07, 6.45) is 6.14. The summed E-state index contributed by atoms with van der Waals surface area (Å²) < 4.78 is 6.15. The smallest absolute Gasteiger partial charge is 0.186 e. The van der Waals surface area contributed by atoms with Gasteiger partial charge in [-0.05, 0) is 43.5 Å². The fraction of sp³-hybridized carbons (Fsp3) is 0.389. The molecule has 2 aromatic rings. The first-order valence-electron chi connectivity index (χ1n) is 7.88. The molecular weight excluding hydrogens is 276 g/mol. The molecule has 115 valence electrons. The average molecular weight is 297 g/mol. The van der Waals surface area contributed by atoms with Crippen LogP contribution in [0.5, 0.6) is 11.5 Å². The second kappa shape index (κ2) is 6.79. The molecular formula is C18H21N2O2. The van der Waals surface area contributed by atoms with E-state index in [1.807, 2.05) is 12.1 Å². The number of aromatic nitrogens is 1. The van der Waals surface area contributed by atoms with Gasteiger partial charge in [0.25, 0.3) is 0 Å². The van der Waals surface area contributed by atoms with Crippen molar-refractivity contribution < 1.29 is 9.84 Å². The third kappa shape index (κ3) is 3.22. The third-order valence-electron chi connectivity index (χ3n) is 4.17. The highest BCUT2D eigenvalue weighted by atomic mass is 16.5. The highest BCUT2D eigenvalue weighted by Crippen LogP contribution is 2.32. The summed E-state index contributed by atoms with van der Waals surface area (Å²) in [5, 5.41) is 15.5. The summed E-state index contributed by atoms with van der Waals surface area (Å²) in [5.41, 5.74) is 1.98. The minimum Gasteiger partial charge on any atom is -0.488 e. The van der Waals surface area contributed by atoms with Gasteiger partial charge in [-0.3, -0.25) is 10.1 Å². The Kier molecular flexibility index (Phi) is 4.59. The number of hydrogen-bond donors (Lipinski definition) is 1. The Hall–Kier alpha value is -2.07. The lowest BCUT2D eigenvalue weighted by atomic mass is 9.95. The molecule has 4 nitrogen and oxygen atoms in total. The van der Waals surface area contributed by atoms with Gasteiger partial charge in [-0.2, -0.15) is 0 Å². The van der Waals surface area contributed by atoms with E-state index >= 15 is 0 Å². The number of ether oxygens (including phenoxy) is 1. The lowest BCUT2D eigenvalue weighted by Crippen LogP contribution is -2.41. The molecule has 4 heteroatoms. The Morgan fingerprint density at radius 2 is 2.09 bits per heavy atom.